The summed E-state index contributed by atoms with van der Waals surface area (Å²) in [6.07, 6.45) is 1.50. The highest BCUT2D eigenvalue weighted by Crippen LogP contribution is 2.29. The third kappa shape index (κ3) is 3.96. The van der Waals surface area contributed by atoms with E-state index in [0.717, 1.165) is 0 Å². The molecule has 166 valence electrons. The van der Waals surface area contributed by atoms with Gasteiger partial charge >= 0.3 is 0 Å². The Kier molecular flexibility index (Phi) is 5.71. The molecule has 0 radical (unpaired) electrons. The first-order valence-electron chi connectivity index (χ1n) is 10.2. The number of fused-ring (bicyclic) bond motifs is 1. The molecule has 2 aromatic rings. The van der Waals surface area contributed by atoms with E-state index in [9.17, 15) is 9.59 Å². The summed E-state index contributed by atoms with van der Waals surface area (Å²) in [6.45, 7) is 6.41. The second-order valence-corrected chi connectivity index (χ2v) is 7.05. The quantitative estimate of drug-likeness (QED) is 0.737. The van der Waals surface area contributed by atoms with Crippen LogP contribution in [-0.4, -0.2) is 64.9 Å². The van der Waals surface area contributed by atoms with Crippen LogP contribution in [0.25, 0.3) is 0 Å². The molecule has 11 heteroatoms. The van der Waals surface area contributed by atoms with E-state index in [0.29, 0.717) is 47.6 Å². The standard InChI is InChI=1S/C21H23N7O4/c1-5-31-15-8-7-13(10-16(15)32-6-2)19(29)23-17-9-12(3)26-28(17)21-24-18-14(20(30)25-21)11-22-27(18)4/h7-11,14H,5-6H2,1-4H3,(H,23,29). The van der Waals surface area contributed by atoms with Crippen molar-refractivity contribution >= 4 is 35.6 Å². The van der Waals surface area contributed by atoms with Crippen LogP contribution >= 0.6 is 0 Å². The Morgan fingerprint density at radius 2 is 1.88 bits per heavy atom. The largest absolute Gasteiger partial charge is 0.490 e. The number of carbonyl (C=O) groups excluding carboxylic acids is 2. The SMILES string of the molecule is CCOc1ccc(C(=O)Nc2cc(C)nn2C2=NC(=O)C3C=NN(C)C3=N2)cc1OCC. The van der Waals surface area contributed by atoms with Gasteiger partial charge in [0.2, 0.25) is 0 Å². The Morgan fingerprint density at radius 3 is 2.62 bits per heavy atom. The lowest BCUT2D eigenvalue weighted by Gasteiger charge is -2.17. The second kappa shape index (κ2) is 8.61. The summed E-state index contributed by atoms with van der Waals surface area (Å²) in [6, 6.07) is 6.63. The van der Waals surface area contributed by atoms with Gasteiger partial charge in [-0.25, -0.2) is 0 Å². The fourth-order valence-corrected chi connectivity index (χ4v) is 3.32. The van der Waals surface area contributed by atoms with Crippen molar-refractivity contribution in [1.29, 1.82) is 0 Å². The summed E-state index contributed by atoms with van der Waals surface area (Å²) < 4.78 is 12.5. The van der Waals surface area contributed by atoms with Gasteiger partial charge in [-0.3, -0.25) is 14.6 Å². The lowest BCUT2D eigenvalue weighted by molar-refractivity contribution is -0.118. The molecule has 1 unspecified atom stereocenters. The third-order valence-electron chi connectivity index (χ3n) is 4.76. The molecule has 3 heterocycles. The number of hydrogen-bond donors (Lipinski definition) is 1. The van der Waals surface area contributed by atoms with E-state index in [1.807, 2.05) is 13.8 Å². The maximum Gasteiger partial charge on any atom is 0.265 e. The van der Waals surface area contributed by atoms with E-state index < -0.39 is 11.8 Å². The van der Waals surface area contributed by atoms with Crippen molar-refractivity contribution in [3.8, 4) is 11.5 Å². The topological polar surface area (TPSA) is 123 Å². The van der Waals surface area contributed by atoms with E-state index in [4.69, 9.17) is 9.47 Å². The molecule has 0 fully saturated rings. The number of hydrogen-bond acceptors (Lipinski definition) is 8. The molecule has 0 saturated carbocycles. The smallest absolute Gasteiger partial charge is 0.265 e. The number of benzene rings is 1. The number of amidine groups is 1. The number of aryl methyl sites for hydroxylation is 1. The van der Waals surface area contributed by atoms with Crippen LogP contribution < -0.4 is 14.8 Å². The second-order valence-electron chi connectivity index (χ2n) is 7.05. The van der Waals surface area contributed by atoms with Crippen molar-refractivity contribution in [1.82, 2.24) is 14.8 Å². The fourth-order valence-electron chi connectivity index (χ4n) is 3.32. The Hall–Kier alpha value is -4.02. The van der Waals surface area contributed by atoms with Crippen LogP contribution in [0, 0.1) is 12.8 Å². The predicted molar refractivity (Wildman–Crippen MR) is 119 cm³/mol. The number of nitrogens with zero attached hydrogens (tertiary/aromatic N) is 6. The minimum atomic E-state index is -0.598. The van der Waals surface area contributed by atoms with Crippen LogP contribution in [-0.2, 0) is 4.79 Å². The number of hydrazone groups is 1. The van der Waals surface area contributed by atoms with E-state index in [1.165, 1.54) is 15.9 Å². The van der Waals surface area contributed by atoms with E-state index in [-0.39, 0.29) is 11.9 Å². The Bertz CT molecular complexity index is 1160. The summed E-state index contributed by atoms with van der Waals surface area (Å²) in [5.74, 6) is 0.517. The van der Waals surface area contributed by atoms with Gasteiger partial charge in [0.1, 0.15) is 17.6 Å². The van der Waals surface area contributed by atoms with Gasteiger partial charge in [-0.1, -0.05) is 0 Å². The molecular weight excluding hydrogens is 414 g/mol. The number of ether oxygens (including phenoxy) is 2. The maximum absolute atomic E-state index is 13.0. The summed E-state index contributed by atoms with van der Waals surface area (Å²) in [4.78, 5) is 33.8. The van der Waals surface area contributed by atoms with Crippen LogP contribution in [0.3, 0.4) is 0 Å². The maximum atomic E-state index is 13.0. The average molecular weight is 437 g/mol. The van der Waals surface area contributed by atoms with Crippen molar-refractivity contribution in [2.24, 2.45) is 21.0 Å². The van der Waals surface area contributed by atoms with Gasteiger partial charge in [-0.2, -0.15) is 24.9 Å². The zero-order valence-corrected chi connectivity index (χ0v) is 18.2. The lowest BCUT2D eigenvalue weighted by Crippen LogP contribution is -2.35. The number of rotatable bonds is 6. The molecule has 2 aliphatic heterocycles. The molecule has 0 bridgehead atoms. The number of nitrogens with one attached hydrogen (secondary N) is 1. The van der Waals surface area contributed by atoms with Gasteiger partial charge in [0.25, 0.3) is 17.8 Å². The minimum absolute atomic E-state index is 0.0590. The summed E-state index contributed by atoms with van der Waals surface area (Å²) >= 11 is 0. The highest BCUT2D eigenvalue weighted by Gasteiger charge is 2.35. The highest BCUT2D eigenvalue weighted by atomic mass is 16.5. The molecule has 2 amide bonds. The number of anilines is 1. The van der Waals surface area contributed by atoms with Crippen molar-refractivity contribution in [3.05, 3.63) is 35.5 Å². The molecule has 0 saturated heterocycles. The summed E-state index contributed by atoms with van der Waals surface area (Å²) in [5.41, 5.74) is 0.995. The summed E-state index contributed by atoms with van der Waals surface area (Å²) in [5, 5.41) is 12.8. The zero-order valence-electron chi connectivity index (χ0n) is 18.2. The van der Waals surface area contributed by atoms with Gasteiger partial charge in [0.15, 0.2) is 11.5 Å². The van der Waals surface area contributed by atoms with Gasteiger partial charge < -0.3 is 14.8 Å². The lowest BCUT2D eigenvalue weighted by atomic mass is 10.1. The molecule has 2 aliphatic rings. The number of aliphatic imine (C=N–C) groups is 2. The molecule has 0 aliphatic carbocycles. The van der Waals surface area contributed by atoms with Crippen molar-refractivity contribution in [2.75, 3.05) is 25.6 Å². The van der Waals surface area contributed by atoms with Crippen LogP contribution in [0.2, 0.25) is 0 Å². The fraction of sp³-hybridized carbons (Fsp3) is 0.333. The van der Waals surface area contributed by atoms with Crippen molar-refractivity contribution < 1.29 is 19.1 Å². The molecule has 1 N–H and O–H groups in total. The van der Waals surface area contributed by atoms with Gasteiger partial charge in [-0.15, -0.1) is 0 Å². The Morgan fingerprint density at radius 1 is 1.12 bits per heavy atom. The molecular formula is C21H23N7O4. The van der Waals surface area contributed by atoms with Gasteiger partial charge in [0.05, 0.1) is 18.9 Å². The van der Waals surface area contributed by atoms with Crippen LogP contribution in [0.15, 0.2) is 39.4 Å². The van der Waals surface area contributed by atoms with Crippen LogP contribution in [0.5, 0.6) is 11.5 Å². The Labute approximate surface area is 184 Å². The number of aromatic nitrogens is 2. The first-order chi connectivity index (χ1) is 15.4. The number of amides is 2. The first kappa shape index (κ1) is 21.2. The van der Waals surface area contributed by atoms with Gasteiger partial charge in [-0.05, 0) is 39.0 Å². The van der Waals surface area contributed by atoms with E-state index in [1.54, 1.807) is 38.2 Å². The van der Waals surface area contributed by atoms with Crippen molar-refractivity contribution in [3.63, 3.8) is 0 Å². The van der Waals surface area contributed by atoms with E-state index >= 15 is 0 Å². The molecule has 4 rings (SSSR count). The van der Waals surface area contributed by atoms with Crippen molar-refractivity contribution in [2.45, 2.75) is 20.8 Å². The molecule has 11 nitrogen and oxygen atoms in total. The first-order valence-corrected chi connectivity index (χ1v) is 10.2. The average Bonchev–Trinajstić information content (AvgIpc) is 3.32. The molecule has 32 heavy (non-hydrogen) atoms. The normalized spacial score (nSPS) is 17.1. The van der Waals surface area contributed by atoms with Crippen LogP contribution in [0.4, 0.5) is 5.82 Å². The van der Waals surface area contributed by atoms with Crippen LogP contribution in [0.1, 0.15) is 29.9 Å². The molecule has 1 atom stereocenters. The zero-order chi connectivity index (χ0) is 22.8. The number of carbonyl (C=O) groups is 2. The summed E-state index contributed by atoms with van der Waals surface area (Å²) in [7, 11) is 1.70. The Balaban J connectivity index is 1.62. The highest BCUT2D eigenvalue weighted by molar-refractivity contribution is 6.24. The van der Waals surface area contributed by atoms with Gasteiger partial charge in [0, 0.05) is 24.9 Å². The molecule has 1 aromatic heterocycles. The van der Waals surface area contributed by atoms with E-state index in [2.05, 4.69) is 25.5 Å². The minimum Gasteiger partial charge on any atom is -0.490 e. The monoisotopic (exact) mass is 437 g/mol. The predicted octanol–water partition coefficient (Wildman–Crippen LogP) is 1.93. The third-order valence-corrected chi connectivity index (χ3v) is 4.76. The molecule has 0 spiro atoms. The molecule has 1 aromatic carbocycles.